The summed E-state index contributed by atoms with van der Waals surface area (Å²) in [5, 5.41) is 16.8. The number of imidazole rings is 1. The van der Waals surface area contributed by atoms with Gasteiger partial charge < -0.3 is 4.57 Å². The quantitative estimate of drug-likeness (QED) is 0.133. The molecule has 5 heteroatoms. The number of hydrogen-bond acceptors (Lipinski definition) is 3. The first-order valence-electron chi connectivity index (χ1n) is 19.3. The van der Waals surface area contributed by atoms with Gasteiger partial charge in [0.15, 0.2) is 7.14 Å². The van der Waals surface area contributed by atoms with Crippen LogP contribution >= 0.6 is 7.14 Å². The Hall–Kier alpha value is -6.53. The van der Waals surface area contributed by atoms with Crippen LogP contribution in [0.25, 0.3) is 71.6 Å². The molecule has 9 aromatic rings. The molecule has 0 radical (unpaired) electrons. The second-order valence-corrected chi connectivity index (χ2v) is 18.3. The predicted molar refractivity (Wildman–Crippen MR) is 232 cm³/mol. The molecule has 1 aromatic heterocycles. The third-order valence-corrected chi connectivity index (χ3v) is 15.5. The maximum absolute atomic E-state index is 16.1. The molecule has 1 unspecified atom stereocenters. The Labute approximate surface area is 325 Å². The lowest BCUT2D eigenvalue weighted by Gasteiger charge is -2.30. The van der Waals surface area contributed by atoms with E-state index in [4.69, 9.17) is 4.98 Å². The van der Waals surface area contributed by atoms with E-state index in [-0.39, 0.29) is 5.41 Å². The molecule has 1 aliphatic heterocycles. The zero-order valence-electron chi connectivity index (χ0n) is 31.3. The molecule has 0 N–H and O–H groups in total. The van der Waals surface area contributed by atoms with Gasteiger partial charge in [0.2, 0.25) is 0 Å². The molecule has 1 aliphatic carbocycles. The maximum Gasteiger partial charge on any atom is 0.175 e. The van der Waals surface area contributed by atoms with Crippen molar-refractivity contribution >= 4 is 55.6 Å². The highest BCUT2D eigenvalue weighted by atomic mass is 31.2. The first kappa shape index (κ1) is 32.9. The van der Waals surface area contributed by atoms with Gasteiger partial charge in [-0.25, -0.2) is 4.98 Å². The molecule has 0 fully saturated rings. The first-order chi connectivity index (χ1) is 27.3. The van der Waals surface area contributed by atoms with Crippen molar-refractivity contribution in [3.05, 3.63) is 174 Å². The summed E-state index contributed by atoms with van der Waals surface area (Å²) in [4.78, 5) is 5.04. The summed E-state index contributed by atoms with van der Waals surface area (Å²) in [6.45, 7) is 6.67. The van der Waals surface area contributed by atoms with E-state index in [9.17, 15) is 5.26 Å². The van der Waals surface area contributed by atoms with Crippen LogP contribution in [-0.2, 0) is 16.4 Å². The van der Waals surface area contributed by atoms with Crippen molar-refractivity contribution in [1.82, 2.24) is 9.55 Å². The number of para-hydroxylation sites is 1. The molecular formula is C51H36N3OP. The number of hydrogen-bond donors (Lipinski definition) is 0. The molecule has 4 nitrogen and oxygen atoms in total. The number of nitrogens with zero attached hydrogens (tertiary/aromatic N) is 3. The SMILES string of the molecule is CCc1nc2cccc3c2n1-c1ccc(-c2c4ccccc4c(-c4ccc5c(c4)C(C)(C)c4cc(C#N)ccc4-5)c4ccccc24)cc1P3(=O)c1ccccc1. The first-order valence-corrected chi connectivity index (χ1v) is 21.0. The number of fused-ring (bicyclic) bond motifs is 7. The average Bonchev–Trinajstić information content (AvgIpc) is 3.73. The van der Waals surface area contributed by atoms with E-state index in [2.05, 4.69) is 128 Å². The Morgan fingerprint density at radius 1 is 0.643 bits per heavy atom. The van der Waals surface area contributed by atoms with Crippen LogP contribution in [0.2, 0.25) is 0 Å². The summed E-state index contributed by atoms with van der Waals surface area (Å²) in [5.41, 5.74) is 12.6. The zero-order valence-corrected chi connectivity index (χ0v) is 32.2. The molecule has 1 atom stereocenters. The van der Waals surface area contributed by atoms with Crippen molar-refractivity contribution in [2.75, 3.05) is 0 Å². The second-order valence-electron chi connectivity index (χ2n) is 15.6. The number of benzene rings is 8. The van der Waals surface area contributed by atoms with Crippen molar-refractivity contribution in [3.8, 4) is 45.1 Å². The molecule has 0 bridgehead atoms. The highest BCUT2D eigenvalue weighted by Crippen LogP contribution is 2.53. The van der Waals surface area contributed by atoms with E-state index in [1.165, 1.54) is 38.6 Å². The third kappa shape index (κ3) is 4.30. The molecule has 11 rings (SSSR count). The Kier molecular flexibility index (Phi) is 6.89. The molecule has 56 heavy (non-hydrogen) atoms. The zero-order chi connectivity index (χ0) is 37.9. The monoisotopic (exact) mass is 737 g/mol. The van der Waals surface area contributed by atoms with Gasteiger partial charge >= 0.3 is 0 Å². The van der Waals surface area contributed by atoms with Gasteiger partial charge in [0.1, 0.15) is 5.82 Å². The average molecular weight is 738 g/mol. The topological polar surface area (TPSA) is 58.7 Å². The molecular weight excluding hydrogens is 702 g/mol. The lowest BCUT2D eigenvalue weighted by molar-refractivity contribution is 0.592. The van der Waals surface area contributed by atoms with E-state index < -0.39 is 7.14 Å². The van der Waals surface area contributed by atoms with E-state index in [0.717, 1.165) is 72.3 Å². The molecule has 0 saturated carbocycles. The highest BCUT2D eigenvalue weighted by Gasteiger charge is 2.40. The molecule has 0 spiro atoms. The van der Waals surface area contributed by atoms with E-state index in [0.29, 0.717) is 5.56 Å². The van der Waals surface area contributed by atoms with Crippen molar-refractivity contribution in [3.63, 3.8) is 0 Å². The van der Waals surface area contributed by atoms with Gasteiger partial charge in [0, 0.05) is 27.7 Å². The number of aromatic nitrogens is 2. The maximum atomic E-state index is 16.1. The van der Waals surface area contributed by atoms with Crippen LogP contribution in [0.1, 0.15) is 43.3 Å². The van der Waals surface area contributed by atoms with Crippen LogP contribution in [0.4, 0.5) is 0 Å². The fraction of sp³-hybridized carbons (Fsp3) is 0.0980. The van der Waals surface area contributed by atoms with Crippen LogP contribution in [0.15, 0.2) is 152 Å². The van der Waals surface area contributed by atoms with Crippen LogP contribution in [0.5, 0.6) is 0 Å². The molecule has 8 aromatic carbocycles. The van der Waals surface area contributed by atoms with Crippen LogP contribution in [0, 0.1) is 11.3 Å². The smallest absolute Gasteiger partial charge is 0.175 e. The summed E-state index contributed by atoms with van der Waals surface area (Å²) in [5.74, 6) is 0.965. The molecule has 2 aliphatic rings. The van der Waals surface area contributed by atoms with E-state index in [1.807, 2.05) is 54.6 Å². The minimum absolute atomic E-state index is 0.258. The summed E-state index contributed by atoms with van der Waals surface area (Å²) in [6, 6.07) is 55.5. The summed E-state index contributed by atoms with van der Waals surface area (Å²) in [7, 11) is -3.32. The van der Waals surface area contributed by atoms with E-state index in [1.54, 1.807) is 0 Å². The van der Waals surface area contributed by atoms with Crippen LogP contribution < -0.4 is 15.9 Å². The number of rotatable bonds is 4. The van der Waals surface area contributed by atoms with Gasteiger partial charge in [-0.05, 0) is 109 Å². The van der Waals surface area contributed by atoms with Gasteiger partial charge in [0.05, 0.1) is 28.4 Å². The Morgan fingerprint density at radius 2 is 1.23 bits per heavy atom. The van der Waals surface area contributed by atoms with Crippen molar-refractivity contribution < 1.29 is 4.57 Å². The highest BCUT2D eigenvalue weighted by molar-refractivity contribution is 7.86. The van der Waals surface area contributed by atoms with Crippen molar-refractivity contribution in [2.24, 2.45) is 0 Å². The molecule has 266 valence electrons. The summed E-state index contributed by atoms with van der Waals surface area (Å²) >= 11 is 0. The largest absolute Gasteiger partial charge is 0.308 e. The lowest BCUT2D eigenvalue weighted by Crippen LogP contribution is -2.33. The van der Waals surface area contributed by atoms with Gasteiger partial charge in [-0.3, -0.25) is 4.57 Å². The standard InChI is InChI=1S/C51H36N3OP/c1-4-47-53-43-19-12-20-45-50(43)54(47)44-26-23-33(29-46(44)56(45,55)34-13-6-5-7-14-34)49-39-17-10-8-15-37(39)48(38-16-9-11-18-40(38)49)32-22-25-36-35-24-21-31(30-52)27-41(35)51(2,3)42(36)28-32/h5-29H,4H2,1-3H3. The Balaban J connectivity index is 1.18. The van der Waals surface area contributed by atoms with Crippen LogP contribution in [0.3, 0.4) is 0 Å². The van der Waals surface area contributed by atoms with Gasteiger partial charge in [0.25, 0.3) is 0 Å². The van der Waals surface area contributed by atoms with Gasteiger partial charge in [-0.15, -0.1) is 0 Å². The number of nitriles is 1. The lowest BCUT2D eigenvalue weighted by atomic mass is 9.80. The van der Waals surface area contributed by atoms with E-state index >= 15 is 4.57 Å². The van der Waals surface area contributed by atoms with Crippen molar-refractivity contribution in [1.29, 1.82) is 5.26 Å². The summed E-state index contributed by atoms with van der Waals surface area (Å²) in [6.07, 6.45) is 0.758. The Morgan fingerprint density at radius 3 is 1.88 bits per heavy atom. The summed E-state index contributed by atoms with van der Waals surface area (Å²) < 4.78 is 18.4. The minimum Gasteiger partial charge on any atom is -0.308 e. The van der Waals surface area contributed by atoms with Gasteiger partial charge in [-0.2, -0.15) is 5.26 Å². The molecule has 0 amide bonds. The number of aryl methyl sites for hydroxylation is 1. The predicted octanol–water partition coefficient (Wildman–Crippen LogP) is 11.4. The fourth-order valence-corrected chi connectivity index (χ4v) is 12.8. The third-order valence-electron chi connectivity index (χ3n) is 12.4. The van der Waals surface area contributed by atoms with Crippen molar-refractivity contribution in [2.45, 2.75) is 32.6 Å². The second kappa shape index (κ2) is 11.7. The normalized spacial score (nSPS) is 16.1. The Bertz CT molecular complexity index is 3200. The fourth-order valence-electron chi connectivity index (χ4n) is 9.79. The van der Waals surface area contributed by atoms with Crippen LogP contribution in [-0.4, -0.2) is 9.55 Å². The molecule has 2 heterocycles. The molecule has 0 saturated heterocycles. The minimum atomic E-state index is -3.32. The van der Waals surface area contributed by atoms with Gasteiger partial charge in [-0.1, -0.05) is 130 Å².